The highest BCUT2D eigenvalue weighted by Gasteiger charge is 2.18. The predicted octanol–water partition coefficient (Wildman–Crippen LogP) is 3.29. The first-order valence-corrected chi connectivity index (χ1v) is 10.8. The molecule has 0 saturated heterocycles. The largest absolute Gasteiger partial charge is 0.349 e. The number of hydrogen-bond acceptors (Lipinski definition) is 4. The molecule has 134 valence electrons. The summed E-state index contributed by atoms with van der Waals surface area (Å²) < 4.78 is 27.2. The summed E-state index contributed by atoms with van der Waals surface area (Å²) in [7, 11) is -3.58. The van der Waals surface area contributed by atoms with Gasteiger partial charge in [0.05, 0.1) is 4.90 Å². The van der Waals surface area contributed by atoms with Crippen LogP contribution in [0.1, 0.15) is 47.3 Å². The van der Waals surface area contributed by atoms with Crippen molar-refractivity contribution in [2.45, 2.75) is 49.6 Å². The highest BCUT2D eigenvalue weighted by atomic mass is 32.2. The fourth-order valence-electron chi connectivity index (χ4n) is 2.96. The summed E-state index contributed by atoms with van der Waals surface area (Å²) in [6.45, 7) is 0.268. The molecule has 1 amide bonds. The van der Waals surface area contributed by atoms with Crippen molar-refractivity contribution in [3.8, 4) is 0 Å². The Labute approximate surface area is 152 Å². The minimum absolute atomic E-state index is 0.137. The molecule has 0 bridgehead atoms. The van der Waals surface area contributed by atoms with Gasteiger partial charge in [0.15, 0.2) is 0 Å². The summed E-state index contributed by atoms with van der Waals surface area (Å²) in [4.78, 5) is 13.4. The van der Waals surface area contributed by atoms with Crippen molar-refractivity contribution in [3.05, 3.63) is 52.2 Å². The number of hydrogen-bond donors (Lipinski definition) is 2. The second kappa shape index (κ2) is 8.12. The van der Waals surface area contributed by atoms with E-state index in [1.54, 1.807) is 12.1 Å². The molecule has 5 nitrogen and oxygen atoms in total. The van der Waals surface area contributed by atoms with E-state index < -0.39 is 10.0 Å². The standard InChI is InChI=1S/C18H22N2O3S2/c21-18(20-15-5-2-1-3-6-15)14-8-10-17(11-9-14)25(22,23)19-13-16-7-4-12-24-16/h4,7-12,15,19H,1-3,5-6,13H2,(H,20,21). The lowest BCUT2D eigenvalue weighted by molar-refractivity contribution is 0.0927. The lowest BCUT2D eigenvalue weighted by Gasteiger charge is -2.22. The Kier molecular flexibility index (Phi) is 5.88. The number of thiophene rings is 1. The molecule has 25 heavy (non-hydrogen) atoms. The minimum atomic E-state index is -3.58. The molecule has 7 heteroatoms. The van der Waals surface area contributed by atoms with Crippen molar-refractivity contribution in [1.82, 2.24) is 10.0 Å². The number of sulfonamides is 1. The smallest absolute Gasteiger partial charge is 0.251 e. The average Bonchev–Trinajstić information content (AvgIpc) is 3.15. The van der Waals surface area contributed by atoms with Gasteiger partial charge < -0.3 is 5.32 Å². The van der Waals surface area contributed by atoms with Crippen LogP contribution in [0.15, 0.2) is 46.7 Å². The van der Waals surface area contributed by atoms with Crippen molar-refractivity contribution in [1.29, 1.82) is 0 Å². The van der Waals surface area contributed by atoms with Crippen LogP contribution < -0.4 is 10.0 Å². The maximum Gasteiger partial charge on any atom is 0.251 e. The second-order valence-electron chi connectivity index (χ2n) is 6.24. The number of nitrogens with one attached hydrogen (secondary N) is 2. The van der Waals surface area contributed by atoms with E-state index in [1.165, 1.54) is 29.9 Å². The molecule has 0 unspecified atom stereocenters. The highest BCUT2D eigenvalue weighted by Crippen LogP contribution is 2.18. The molecule has 2 aromatic rings. The first-order valence-electron chi connectivity index (χ1n) is 8.47. The van der Waals surface area contributed by atoms with Crippen molar-refractivity contribution in [2.24, 2.45) is 0 Å². The van der Waals surface area contributed by atoms with Crippen LogP contribution in [0, 0.1) is 0 Å². The molecule has 1 fully saturated rings. The summed E-state index contributed by atoms with van der Waals surface area (Å²) in [5.41, 5.74) is 0.489. The van der Waals surface area contributed by atoms with Gasteiger partial charge in [-0.05, 0) is 48.6 Å². The van der Waals surface area contributed by atoms with Gasteiger partial charge >= 0.3 is 0 Å². The first kappa shape index (κ1) is 18.1. The summed E-state index contributed by atoms with van der Waals surface area (Å²) in [6.07, 6.45) is 5.57. The fraction of sp³-hybridized carbons (Fsp3) is 0.389. The van der Waals surface area contributed by atoms with Crippen molar-refractivity contribution in [2.75, 3.05) is 0 Å². The summed E-state index contributed by atoms with van der Waals surface area (Å²) in [6, 6.07) is 10.1. The molecular formula is C18H22N2O3S2. The Morgan fingerprint density at radius 2 is 1.80 bits per heavy atom. The van der Waals surface area contributed by atoms with Gasteiger partial charge in [0, 0.05) is 23.0 Å². The zero-order valence-electron chi connectivity index (χ0n) is 13.9. The molecule has 1 saturated carbocycles. The quantitative estimate of drug-likeness (QED) is 0.810. The molecule has 1 aromatic carbocycles. The van der Waals surface area contributed by atoms with E-state index >= 15 is 0 Å². The topological polar surface area (TPSA) is 75.3 Å². The van der Waals surface area contributed by atoms with Crippen LogP contribution >= 0.6 is 11.3 Å². The van der Waals surface area contributed by atoms with Gasteiger partial charge in [0.25, 0.3) is 5.91 Å². The zero-order valence-corrected chi connectivity index (χ0v) is 15.5. The van der Waals surface area contributed by atoms with Gasteiger partial charge in [0.2, 0.25) is 10.0 Å². The molecule has 1 aromatic heterocycles. The molecule has 0 spiro atoms. The molecule has 2 N–H and O–H groups in total. The van der Waals surface area contributed by atoms with Crippen LogP contribution in [-0.2, 0) is 16.6 Å². The van der Waals surface area contributed by atoms with Gasteiger partial charge in [0.1, 0.15) is 0 Å². The molecule has 0 radical (unpaired) electrons. The summed E-state index contributed by atoms with van der Waals surface area (Å²) >= 11 is 1.50. The van der Waals surface area contributed by atoms with Gasteiger partial charge in [-0.25, -0.2) is 13.1 Å². The number of benzene rings is 1. The molecular weight excluding hydrogens is 356 g/mol. The number of carbonyl (C=O) groups is 1. The van der Waals surface area contributed by atoms with Gasteiger partial charge in [-0.15, -0.1) is 11.3 Å². The van der Waals surface area contributed by atoms with E-state index in [2.05, 4.69) is 10.0 Å². The SMILES string of the molecule is O=C(NC1CCCCC1)c1ccc(S(=O)(=O)NCc2cccs2)cc1. The third-order valence-electron chi connectivity index (χ3n) is 4.38. The third kappa shape index (κ3) is 4.90. The first-order chi connectivity index (χ1) is 12.0. The van der Waals surface area contributed by atoms with Crippen molar-refractivity contribution in [3.63, 3.8) is 0 Å². The Hall–Kier alpha value is -1.70. The fourth-order valence-corrected chi connectivity index (χ4v) is 4.71. The maximum absolute atomic E-state index is 12.3. The Morgan fingerprint density at radius 1 is 1.08 bits per heavy atom. The van der Waals surface area contributed by atoms with E-state index in [0.29, 0.717) is 5.56 Å². The molecule has 0 atom stereocenters. The van der Waals surface area contributed by atoms with E-state index in [1.807, 2.05) is 17.5 Å². The molecule has 0 aliphatic heterocycles. The summed E-state index contributed by atoms with van der Waals surface area (Å²) in [5.74, 6) is -0.137. The molecule has 3 rings (SSSR count). The van der Waals surface area contributed by atoms with Crippen LogP contribution in [0.4, 0.5) is 0 Å². The third-order valence-corrected chi connectivity index (χ3v) is 6.68. The molecule has 1 aliphatic carbocycles. The monoisotopic (exact) mass is 378 g/mol. The number of carbonyl (C=O) groups excluding carboxylic acids is 1. The molecule has 1 heterocycles. The Balaban J connectivity index is 1.61. The normalized spacial score (nSPS) is 15.8. The second-order valence-corrected chi connectivity index (χ2v) is 9.04. The van der Waals surface area contributed by atoms with Gasteiger partial charge in [-0.2, -0.15) is 0 Å². The van der Waals surface area contributed by atoms with E-state index in [-0.39, 0.29) is 23.4 Å². The van der Waals surface area contributed by atoms with Gasteiger partial charge in [-0.1, -0.05) is 25.3 Å². The maximum atomic E-state index is 12.3. The van der Waals surface area contributed by atoms with Crippen LogP contribution in [0.5, 0.6) is 0 Å². The van der Waals surface area contributed by atoms with Crippen LogP contribution in [0.25, 0.3) is 0 Å². The number of rotatable bonds is 6. The molecule has 1 aliphatic rings. The zero-order chi connectivity index (χ0) is 17.7. The average molecular weight is 379 g/mol. The highest BCUT2D eigenvalue weighted by molar-refractivity contribution is 7.89. The van der Waals surface area contributed by atoms with Crippen molar-refractivity contribution < 1.29 is 13.2 Å². The van der Waals surface area contributed by atoms with E-state index in [0.717, 1.165) is 30.6 Å². The van der Waals surface area contributed by atoms with Crippen LogP contribution in [-0.4, -0.2) is 20.4 Å². The Bertz CT molecular complexity index is 793. The number of amides is 1. The predicted molar refractivity (Wildman–Crippen MR) is 99.1 cm³/mol. The van der Waals surface area contributed by atoms with E-state index in [9.17, 15) is 13.2 Å². The van der Waals surface area contributed by atoms with Gasteiger partial charge in [-0.3, -0.25) is 4.79 Å². The van der Waals surface area contributed by atoms with E-state index in [4.69, 9.17) is 0 Å². The lowest BCUT2D eigenvalue weighted by atomic mass is 9.95. The summed E-state index contributed by atoms with van der Waals surface area (Å²) in [5, 5.41) is 4.94. The van der Waals surface area contributed by atoms with Crippen LogP contribution in [0.2, 0.25) is 0 Å². The minimum Gasteiger partial charge on any atom is -0.349 e. The van der Waals surface area contributed by atoms with Crippen LogP contribution in [0.3, 0.4) is 0 Å². The lowest BCUT2D eigenvalue weighted by Crippen LogP contribution is -2.36. The van der Waals surface area contributed by atoms with Crippen molar-refractivity contribution >= 4 is 27.3 Å². The Morgan fingerprint density at radius 3 is 2.44 bits per heavy atom.